The van der Waals surface area contributed by atoms with Crippen LogP contribution >= 0.6 is 0 Å². The van der Waals surface area contributed by atoms with E-state index >= 15 is 0 Å². The molecule has 0 aliphatic heterocycles. The fourth-order valence-corrected chi connectivity index (χ4v) is 3.17. The van der Waals surface area contributed by atoms with Crippen molar-refractivity contribution < 1.29 is 35.1 Å². The Hall–Kier alpha value is -2.50. The van der Waals surface area contributed by atoms with Crippen LogP contribution in [0.2, 0.25) is 0 Å². The Balaban J connectivity index is 2.39. The van der Waals surface area contributed by atoms with Gasteiger partial charge in [0.2, 0.25) is 0 Å². The van der Waals surface area contributed by atoms with Gasteiger partial charge >= 0.3 is 6.18 Å². The lowest BCUT2D eigenvalue weighted by atomic mass is 10.2. The van der Waals surface area contributed by atoms with Gasteiger partial charge in [-0.1, -0.05) is 6.92 Å². The largest absolute Gasteiger partial charge is 0.486 e. The molecule has 0 bridgehead atoms. The van der Waals surface area contributed by atoms with E-state index in [1.165, 1.54) is 19.1 Å². The van der Waals surface area contributed by atoms with E-state index in [-0.39, 0.29) is 33.6 Å². The highest BCUT2D eigenvalue weighted by molar-refractivity contribution is 7.91. The van der Waals surface area contributed by atoms with Gasteiger partial charge in [-0.3, -0.25) is 4.98 Å². The highest BCUT2D eigenvalue weighted by Gasteiger charge is 2.27. The van der Waals surface area contributed by atoms with Crippen LogP contribution in [-0.2, 0) is 9.84 Å². The van der Waals surface area contributed by atoms with Crippen LogP contribution in [0, 0.1) is 0 Å². The Kier molecular flexibility index (Phi) is 6.66. The zero-order valence-corrected chi connectivity index (χ0v) is 16.2. The first-order valence-corrected chi connectivity index (χ1v) is 9.97. The second-order valence-corrected chi connectivity index (χ2v) is 8.40. The molecule has 160 valence electrons. The number of halogens is 5. The minimum atomic E-state index is -4.49. The van der Waals surface area contributed by atoms with Crippen molar-refractivity contribution in [2.24, 2.45) is 0 Å². The number of aromatic nitrogens is 2. The van der Waals surface area contributed by atoms with E-state index in [1.54, 1.807) is 0 Å². The third-order valence-electron chi connectivity index (χ3n) is 3.51. The van der Waals surface area contributed by atoms with Crippen LogP contribution in [0.1, 0.15) is 13.8 Å². The second kappa shape index (κ2) is 8.47. The maximum absolute atomic E-state index is 12.9. The van der Waals surface area contributed by atoms with E-state index in [0.29, 0.717) is 6.92 Å². The monoisotopic (exact) mass is 439 g/mol. The number of nitrogens with zero attached hydrogens (tertiary/aromatic N) is 2. The third-order valence-corrected chi connectivity index (χ3v) is 5.27. The zero-order chi connectivity index (χ0) is 21.9. The number of alkyl halides is 5. The van der Waals surface area contributed by atoms with Crippen molar-refractivity contribution in [2.45, 2.75) is 30.8 Å². The molecule has 0 aliphatic rings. The van der Waals surface area contributed by atoms with Crippen LogP contribution in [0.5, 0.6) is 5.75 Å². The average molecular weight is 439 g/mol. The van der Waals surface area contributed by atoms with E-state index in [4.69, 9.17) is 4.74 Å². The number of pyridine rings is 2. The number of anilines is 1. The first kappa shape index (κ1) is 22.8. The summed E-state index contributed by atoms with van der Waals surface area (Å²) < 4.78 is 92.5. The predicted molar refractivity (Wildman–Crippen MR) is 95.9 cm³/mol. The van der Waals surface area contributed by atoms with Gasteiger partial charge in [0.15, 0.2) is 16.4 Å². The Morgan fingerprint density at radius 1 is 1.10 bits per heavy atom. The normalized spacial score (nSPS) is 12.7. The van der Waals surface area contributed by atoms with Crippen LogP contribution in [0.15, 0.2) is 35.4 Å². The molecule has 0 saturated heterocycles. The lowest BCUT2D eigenvalue weighted by Crippen LogP contribution is -2.22. The molecule has 0 atom stereocenters. The van der Waals surface area contributed by atoms with Crippen LogP contribution in [0.4, 0.5) is 27.8 Å². The topological polar surface area (TPSA) is 81.2 Å². The summed E-state index contributed by atoms with van der Waals surface area (Å²) in [4.78, 5) is 7.71. The van der Waals surface area contributed by atoms with Crippen molar-refractivity contribution in [3.05, 3.63) is 30.5 Å². The van der Waals surface area contributed by atoms with Gasteiger partial charge in [0, 0.05) is 6.92 Å². The third kappa shape index (κ3) is 6.80. The molecule has 1 N–H and O–H groups in total. The molecule has 0 unspecified atom stereocenters. The fourth-order valence-electron chi connectivity index (χ4n) is 2.14. The van der Waals surface area contributed by atoms with Gasteiger partial charge in [-0.2, -0.15) is 13.2 Å². The summed E-state index contributed by atoms with van der Waals surface area (Å²) in [5.41, 5.74) is -0.130. The molecule has 0 saturated carbocycles. The van der Waals surface area contributed by atoms with Crippen molar-refractivity contribution in [2.75, 3.05) is 24.2 Å². The van der Waals surface area contributed by atoms with Gasteiger partial charge in [0.1, 0.15) is 23.8 Å². The van der Waals surface area contributed by atoms with Crippen LogP contribution in [-0.4, -0.2) is 49.4 Å². The molecule has 0 amide bonds. The Morgan fingerprint density at radius 3 is 2.31 bits per heavy atom. The number of rotatable bonds is 8. The second-order valence-electron chi connectivity index (χ2n) is 6.15. The van der Waals surface area contributed by atoms with Crippen molar-refractivity contribution in [1.29, 1.82) is 0 Å². The Bertz CT molecular complexity index is 942. The van der Waals surface area contributed by atoms with Crippen molar-refractivity contribution in [1.82, 2.24) is 9.97 Å². The quantitative estimate of drug-likeness (QED) is 0.628. The highest BCUT2D eigenvalue weighted by atomic mass is 32.2. The van der Waals surface area contributed by atoms with E-state index < -0.39 is 35.1 Å². The summed E-state index contributed by atoms with van der Waals surface area (Å²) >= 11 is 0. The lowest BCUT2D eigenvalue weighted by Gasteiger charge is -2.14. The zero-order valence-electron chi connectivity index (χ0n) is 15.4. The van der Waals surface area contributed by atoms with Crippen LogP contribution in [0.3, 0.4) is 0 Å². The predicted octanol–water partition coefficient (Wildman–Crippen LogP) is 3.95. The number of hydrogen-bond donors (Lipinski definition) is 1. The maximum atomic E-state index is 12.9. The first-order chi connectivity index (χ1) is 13.3. The molecule has 2 aromatic rings. The molecule has 29 heavy (non-hydrogen) atoms. The summed E-state index contributed by atoms with van der Waals surface area (Å²) in [6.45, 7) is -0.145. The highest BCUT2D eigenvalue weighted by Crippen LogP contribution is 2.28. The fraction of sp³-hybridized carbons (Fsp3) is 0.412. The molecule has 2 rings (SSSR count). The molecule has 2 aromatic heterocycles. The Labute approximate surface area is 164 Å². The van der Waals surface area contributed by atoms with E-state index in [0.717, 1.165) is 18.3 Å². The lowest BCUT2D eigenvalue weighted by molar-refractivity contribution is -0.115. The molecular weight excluding hydrogens is 421 g/mol. The first-order valence-electron chi connectivity index (χ1n) is 8.32. The Morgan fingerprint density at radius 2 is 1.79 bits per heavy atom. The summed E-state index contributed by atoms with van der Waals surface area (Å²) in [7, 11) is -3.76. The molecule has 0 radical (unpaired) electrons. The van der Waals surface area contributed by atoms with Gasteiger partial charge in [-0.15, -0.1) is 0 Å². The van der Waals surface area contributed by atoms with Crippen molar-refractivity contribution >= 4 is 15.7 Å². The molecule has 2 heterocycles. The minimum absolute atomic E-state index is 0.0153. The summed E-state index contributed by atoms with van der Waals surface area (Å²) in [6.07, 6.45) is -3.39. The molecule has 6 nitrogen and oxygen atoms in total. The standard InChI is InChI=1S/C17H18F5N3O3S/c1-3-29(26,27)13-6-7-14(24-9-17(20,21)22)25-15(13)12-5-4-11(8-23-12)28-10-16(2,18)19/h4-8H,3,9-10H2,1-2H3,(H,24,25). The smallest absolute Gasteiger partial charge is 0.405 e. The van der Waals surface area contributed by atoms with Gasteiger partial charge in [-0.05, 0) is 24.3 Å². The number of nitrogens with one attached hydrogen (secondary N) is 1. The van der Waals surface area contributed by atoms with Gasteiger partial charge < -0.3 is 10.1 Å². The summed E-state index contributed by atoms with van der Waals surface area (Å²) in [5, 5.41) is 2.07. The van der Waals surface area contributed by atoms with E-state index in [1.807, 2.05) is 0 Å². The van der Waals surface area contributed by atoms with E-state index in [2.05, 4.69) is 15.3 Å². The molecule has 0 spiro atoms. The number of hydrogen-bond acceptors (Lipinski definition) is 6. The molecule has 0 aromatic carbocycles. The van der Waals surface area contributed by atoms with Crippen molar-refractivity contribution in [3.8, 4) is 17.1 Å². The molecule has 0 aliphatic carbocycles. The van der Waals surface area contributed by atoms with E-state index in [9.17, 15) is 30.4 Å². The summed E-state index contributed by atoms with van der Waals surface area (Å²) in [6, 6.07) is 4.84. The molecular formula is C17H18F5N3O3S. The number of sulfone groups is 1. The van der Waals surface area contributed by atoms with Gasteiger partial charge in [-0.25, -0.2) is 22.2 Å². The molecule has 0 fully saturated rings. The summed E-state index contributed by atoms with van der Waals surface area (Å²) in [5.74, 6) is -3.49. The minimum Gasteiger partial charge on any atom is -0.486 e. The molecule has 12 heteroatoms. The average Bonchev–Trinajstić information content (AvgIpc) is 2.64. The van der Waals surface area contributed by atoms with Gasteiger partial charge in [0.25, 0.3) is 5.92 Å². The SMILES string of the molecule is CCS(=O)(=O)c1ccc(NCC(F)(F)F)nc1-c1ccc(OCC(C)(F)F)cn1. The van der Waals surface area contributed by atoms with Crippen LogP contribution in [0.25, 0.3) is 11.4 Å². The van der Waals surface area contributed by atoms with Crippen molar-refractivity contribution in [3.63, 3.8) is 0 Å². The maximum Gasteiger partial charge on any atom is 0.405 e. The van der Waals surface area contributed by atoms with Crippen LogP contribution < -0.4 is 10.1 Å². The van der Waals surface area contributed by atoms with Gasteiger partial charge in [0.05, 0.1) is 22.5 Å². The number of ether oxygens (including phenoxy) is 1.